The summed E-state index contributed by atoms with van der Waals surface area (Å²) in [5.41, 5.74) is 1.83. The Morgan fingerprint density at radius 1 is 1.03 bits per heavy atom. The van der Waals surface area contributed by atoms with Crippen LogP contribution in [-0.2, 0) is 14.8 Å². The molecule has 1 N–H and O–H groups in total. The standard InChI is InChI=1S/C25H25ClN2O5S/c1-17-10-12-20(13-11-17)34(30,31)28(22-7-5-6-21(26)18(22)2)15-25(29)27-14-19-16-32-23-8-3-4-9-24(23)33-19/h3-13,19H,14-16H2,1-2H3,(H,27,29). The van der Waals surface area contributed by atoms with Crippen molar-refractivity contribution in [2.24, 2.45) is 0 Å². The Morgan fingerprint density at radius 3 is 2.47 bits per heavy atom. The van der Waals surface area contributed by atoms with Crippen molar-refractivity contribution in [3.63, 3.8) is 0 Å². The average Bonchev–Trinajstić information content (AvgIpc) is 2.83. The number of aryl methyl sites for hydroxylation is 1. The summed E-state index contributed by atoms with van der Waals surface area (Å²) in [6.07, 6.45) is -0.395. The Balaban J connectivity index is 1.53. The van der Waals surface area contributed by atoms with Gasteiger partial charge >= 0.3 is 0 Å². The van der Waals surface area contributed by atoms with E-state index in [-0.39, 0.29) is 18.0 Å². The van der Waals surface area contributed by atoms with Gasteiger partial charge < -0.3 is 14.8 Å². The zero-order valence-electron chi connectivity index (χ0n) is 18.8. The van der Waals surface area contributed by atoms with E-state index in [1.54, 1.807) is 43.3 Å². The maximum atomic E-state index is 13.5. The molecule has 1 heterocycles. The molecule has 7 nitrogen and oxygen atoms in total. The maximum absolute atomic E-state index is 13.5. The maximum Gasteiger partial charge on any atom is 0.264 e. The molecule has 34 heavy (non-hydrogen) atoms. The molecule has 0 saturated carbocycles. The minimum absolute atomic E-state index is 0.0888. The van der Waals surface area contributed by atoms with Crippen LogP contribution in [0.3, 0.4) is 0 Å². The van der Waals surface area contributed by atoms with Crippen LogP contribution in [0.2, 0.25) is 5.02 Å². The summed E-state index contributed by atoms with van der Waals surface area (Å²) in [4.78, 5) is 13.0. The molecule has 3 aromatic rings. The minimum atomic E-state index is -4.03. The zero-order valence-corrected chi connectivity index (χ0v) is 20.4. The van der Waals surface area contributed by atoms with Gasteiger partial charge in [0.05, 0.1) is 17.1 Å². The number of hydrogen-bond acceptors (Lipinski definition) is 5. The quantitative estimate of drug-likeness (QED) is 0.527. The smallest absolute Gasteiger partial charge is 0.264 e. The predicted octanol–water partition coefficient (Wildman–Crippen LogP) is 4.11. The topological polar surface area (TPSA) is 84.9 Å². The van der Waals surface area contributed by atoms with E-state index in [1.165, 1.54) is 12.1 Å². The summed E-state index contributed by atoms with van der Waals surface area (Å²) in [7, 11) is -4.03. The van der Waals surface area contributed by atoms with Gasteiger partial charge in [-0.2, -0.15) is 0 Å². The predicted molar refractivity (Wildman–Crippen MR) is 131 cm³/mol. The minimum Gasteiger partial charge on any atom is -0.486 e. The van der Waals surface area contributed by atoms with Gasteiger partial charge in [-0.3, -0.25) is 9.10 Å². The number of halogens is 1. The Hall–Kier alpha value is -3.23. The lowest BCUT2D eigenvalue weighted by molar-refractivity contribution is -0.120. The number of sulfonamides is 1. The zero-order chi connectivity index (χ0) is 24.3. The molecule has 3 aromatic carbocycles. The van der Waals surface area contributed by atoms with E-state index in [4.69, 9.17) is 21.1 Å². The van der Waals surface area contributed by atoms with E-state index in [9.17, 15) is 13.2 Å². The van der Waals surface area contributed by atoms with Crippen molar-refractivity contribution in [1.29, 1.82) is 0 Å². The molecule has 0 spiro atoms. The van der Waals surface area contributed by atoms with Gasteiger partial charge in [0.15, 0.2) is 11.5 Å². The fraction of sp³-hybridized carbons (Fsp3) is 0.240. The van der Waals surface area contributed by atoms with Crippen LogP contribution in [-0.4, -0.2) is 40.1 Å². The van der Waals surface area contributed by atoms with Gasteiger partial charge in [-0.15, -0.1) is 0 Å². The van der Waals surface area contributed by atoms with Gasteiger partial charge in [-0.25, -0.2) is 8.42 Å². The number of carbonyl (C=O) groups excluding carboxylic acids is 1. The number of nitrogens with zero attached hydrogens (tertiary/aromatic N) is 1. The second kappa shape index (κ2) is 9.95. The van der Waals surface area contributed by atoms with E-state index in [2.05, 4.69) is 5.32 Å². The second-order valence-corrected chi connectivity index (χ2v) is 10.3. The molecule has 1 unspecified atom stereocenters. The Bertz CT molecular complexity index is 1290. The first-order chi connectivity index (χ1) is 16.3. The van der Waals surface area contributed by atoms with Crippen molar-refractivity contribution >= 4 is 33.2 Å². The van der Waals surface area contributed by atoms with Gasteiger partial charge in [-0.1, -0.05) is 47.5 Å². The highest BCUT2D eigenvalue weighted by Crippen LogP contribution is 2.32. The summed E-state index contributed by atoms with van der Waals surface area (Å²) in [5.74, 6) is 0.778. The van der Waals surface area contributed by atoms with Crippen LogP contribution in [0, 0.1) is 13.8 Å². The number of hydrogen-bond donors (Lipinski definition) is 1. The highest BCUT2D eigenvalue weighted by molar-refractivity contribution is 7.92. The van der Waals surface area contributed by atoms with E-state index >= 15 is 0 Å². The first kappa shape index (κ1) is 23.9. The highest BCUT2D eigenvalue weighted by Gasteiger charge is 2.29. The number of ether oxygens (including phenoxy) is 2. The number of anilines is 1. The van der Waals surface area contributed by atoms with Gasteiger partial charge in [0.1, 0.15) is 19.3 Å². The molecule has 0 saturated heterocycles. The summed E-state index contributed by atoms with van der Waals surface area (Å²) < 4.78 is 39.7. The van der Waals surface area contributed by atoms with Crippen LogP contribution in [0.1, 0.15) is 11.1 Å². The molecule has 0 radical (unpaired) electrons. The molecule has 1 aliphatic heterocycles. The second-order valence-electron chi connectivity index (χ2n) is 8.01. The largest absolute Gasteiger partial charge is 0.486 e. The molecule has 9 heteroatoms. The molecule has 0 fully saturated rings. The molecular weight excluding hydrogens is 476 g/mol. The van der Waals surface area contributed by atoms with Crippen molar-refractivity contribution in [2.45, 2.75) is 24.8 Å². The van der Waals surface area contributed by atoms with E-state index in [0.29, 0.717) is 27.8 Å². The van der Waals surface area contributed by atoms with Crippen LogP contribution in [0.25, 0.3) is 0 Å². The molecule has 1 amide bonds. The van der Waals surface area contributed by atoms with Crippen molar-refractivity contribution in [3.8, 4) is 11.5 Å². The van der Waals surface area contributed by atoms with Crippen LogP contribution >= 0.6 is 11.6 Å². The lowest BCUT2D eigenvalue weighted by Crippen LogP contribution is -2.45. The molecule has 4 rings (SSSR count). The summed E-state index contributed by atoms with van der Waals surface area (Å²) >= 11 is 6.26. The third-order valence-corrected chi connectivity index (χ3v) is 7.68. The Labute approximate surface area is 204 Å². The molecule has 1 aliphatic rings. The number of para-hydroxylation sites is 2. The number of nitrogens with one attached hydrogen (secondary N) is 1. The van der Waals surface area contributed by atoms with Crippen LogP contribution in [0.5, 0.6) is 11.5 Å². The van der Waals surface area contributed by atoms with E-state index in [0.717, 1.165) is 9.87 Å². The van der Waals surface area contributed by atoms with Crippen LogP contribution in [0.4, 0.5) is 5.69 Å². The van der Waals surface area contributed by atoms with Crippen LogP contribution < -0.4 is 19.1 Å². The number of carbonyl (C=O) groups is 1. The highest BCUT2D eigenvalue weighted by atomic mass is 35.5. The lowest BCUT2D eigenvalue weighted by atomic mass is 10.2. The number of benzene rings is 3. The molecule has 1 atom stereocenters. The monoisotopic (exact) mass is 500 g/mol. The van der Waals surface area contributed by atoms with Crippen LogP contribution in [0.15, 0.2) is 71.6 Å². The molecule has 0 bridgehead atoms. The number of amides is 1. The average molecular weight is 501 g/mol. The van der Waals surface area contributed by atoms with E-state index in [1.807, 2.05) is 25.1 Å². The SMILES string of the molecule is Cc1ccc(S(=O)(=O)N(CC(=O)NCC2COc3ccccc3O2)c2cccc(Cl)c2C)cc1. The van der Waals surface area contributed by atoms with Crippen molar-refractivity contribution in [2.75, 3.05) is 24.0 Å². The Kier molecular flexibility index (Phi) is 7.00. The molecule has 0 aromatic heterocycles. The molecule has 178 valence electrons. The van der Waals surface area contributed by atoms with Crippen molar-refractivity contribution in [3.05, 3.63) is 82.9 Å². The van der Waals surface area contributed by atoms with Gasteiger partial charge in [-0.05, 0) is 55.8 Å². The number of rotatable bonds is 7. The fourth-order valence-electron chi connectivity index (χ4n) is 3.58. The van der Waals surface area contributed by atoms with Gasteiger partial charge in [0.25, 0.3) is 10.0 Å². The first-order valence-corrected chi connectivity index (χ1v) is 12.6. The number of fused-ring (bicyclic) bond motifs is 1. The van der Waals surface area contributed by atoms with E-state index < -0.39 is 28.6 Å². The third-order valence-electron chi connectivity index (χ3n) is 5.50. The Morgan fingerprint density at radius 2 is 1.74 bits per heavy atom. The fourth-order valence-corrected chi connectivity index (χ4v) is 5.23. The lowest BCUT2D eigenvalue weighted by Gasteiger charge is -2.28. The summed E-state index contributed by atoms with van der Waals surface area (Å²) in [6, 6.07) is 18.8. The van der Waals surface area contributed by atoms with Crippen molar-refractivity contribution in [1.82, 2.24) is 5.32 Å². The van der Waals surface area contributed by atoms with Gasteiger partial charge in [0.2, 0.25) is 5.91 Å². The third kappa shape index (κ3) is 5.13. The summed E-state index contributed by atoms with van der Waals surface area (Å²) in [6.45, 7) is 3.62. The first-order valence-electron chi connectivity index (χ1n) is 10.8. The molecular formula is C25H25ClN2O5S. The summed E-state index contributed by atoms with van der Waals surface area (Å²) in [5, 5.41) is 3.18. The van der Waals surface area contributed by atoms with Gasteiger partial charge in [0, 0.05) is 5.02 Å². The van der Waals surface area contributed by atoms with Crippen molar-refractivity contribution < 1.29 is 22.7 Å². The molecule has 0 aliphatic carbocycles. The normalized spacial score (nSPS) is 15.0.